The van der Waals surface area contributed by atoms with Crippen molar-refractivity contribution in [2.24, 2.45) is 34.5 Å². The fourth-order valence-corrected chi connectivity index (χ4v) is 7.37. The Bertz CT molecular complexity index is 665. The number of hydrogen-bond donors (Lipinski definition) is 1. The van der Waals surface area contributed by atoms with Crippen molar-refractivity contribution in [1.82, 2.24) is 20.3 Å². The van der Waals surface area contributed by atoms with Gasteiger partial charge in [0.2, 0.25) is 0 Å². The Morgan fingerprint density at radius 1 is 1.16 bits per heavy atom. The van der Waals surface area contributed by atoms with Gasteiger partial charge in [-0.1, -0.05) is 25.1 Å². The molecule has 0 aromatic carbocycles. The van der Waals surface area contributed by atoms with E-state index in [2.05, 4.69) is 35.6 Å². The average Bonchev–Trinajstić information content (AvgIpc) is 3.18. The van der Waals surface area contributed by atoms with E-state index in [1.165, 1.54) is 63.7 Å². The first-order valence-corrected chi connectivity index (χ1v) is 10.4. The van der Waals surface area contributed by atoms with Crippen molar-refractivity contribution >= 4 is 5.70 Å². The lowest BCUT2D eigenvalue weighted by Crippen LogP contribution is -2.52. The number of aromatic nitrogens is 3. The van der Waals surface area contributed by atoms with Gasteiger partial charge in [-0.2, -0.15) is 0 Å². The van der Waals surface area contributed by atoms with Crippen LogP contribution in [-0.2, 0) is 0 Å². The van der Waals surface area contributed by atoms with Gasteiger partial charge in [-0.15, -0.1) is 5.10 Å². The third kappa shape index (κ3) is 2.22. The molecule has 136 valence electrons. The summed E-state index contributed by atoms with van der Waals surface area (Å²) in [5, 5.41) is 12.1. The van der Waals surface area contributed by atoms with Crippen LogP contribution in [0.25, 0.3) is 5.70 Å². The summed E-state index contributed by atoms with van der Waals surface area (Å²) < 4.78 is 2.04. The Labute approximate surface area is 151 Å². The van der Waals surface area contributed by atoms with Gasteiger partial charge in [-0.05, 0) is 87.1 Å². The maximum atomic E-state index is 4.32. The van der Waals surface area contributed by atoms with Gasteiger partial charge in [0, 0.05) is 11.1 Å². The number of allylic oxidation sites excluding steroid dienone is 2. The monoisotopic (exact) mass is 340 g/mol. The summed E-state index contributed by atoms with van der Waals surface area (Å²) in [6.07, 6.45) is 15.9. The normalized spacial score (nSPS) is 46.6. The minimum absolute atomic E-state index is 0.293. The zero-order chi connectivity index (χ0) is 17.1. The number of nitrogens with zero attached hydrogens (tertiary/aromatic N) is 3. The summed E-state index contributed by atoms with van der Waals surface area (Å²) in [7, 11) is 0. The second-order valence-corrected chi connectivity index (χ2v) is 9.59. The highest BCUT2D eigenvalue weighted by Gasteiger charge is 2.58. The summed E-state index contributed by atoms with van der Waals surface area (Å²) in [5.74, 6) is 3.52. The topological polar surface area (TPSA) is 42.7 Å². The fraction of sp³-hybridized carbons (Fsp3) is 0.810. The van der Waals surface area contributed by atoms with E-state index in [0.717, 1.165) is 23.7 Å². The molecular weight excluding hydrogens is 308 g/mol. The summed E-state index contributed by atoms with van der Waals surface area (Å²) >= 11 is 0. The number of nitrogens with one attached hydrogen (secondary N) is 1. The molecule has 1 saturated heterocycles. The van der Waals surface area contributed by atoms with Crippen molar-refractivity contribution in [3.63, 3.8) is 0 Å². The first-order valence-electron chi connectivity index (χ1n) is 10.4. The molecule has 5 rings (SSSR count). The minimum atomic E-state index is 0.293. The highest BCUT2D eigenvalue weighted by Crippen LogP contribution is 2.65. The molecule has 3 fully saturated rings. The van der Waals surface area contributed by atoms with Crippen LogP contribution in [-0.4, -0.2) is 28.1 Å². The summed E-state index contributed by atoms with van der Waals surface area (Å²) in [4.78, 5) is 0. The molecule has 4 unspecified atom stereocenters. The Kier molecular flexibility index (Phi) is 3.64. The maximum Gasteiger partial charge on any atom is 0.0697 e. The van der Waals surface area contributed by atoms with Crippen LogP contribution in [0.1, 0.15) is 58.8 Å². The molecule has 6 atom stereocenters. The number of fused-ring (bicyclic) bond motifs is 5. The quantitative estimate of drug-likeness (QED) is 0.841. The standard InChI is InChI=1S/C21H32N4/c1-20-9-3-11-22-14-15(20)4-5-16-17-6-7-19(25-13-12-23-24-25)21(17,2)10-8-18(16)20/h7,12-13,15-18,22H,3-6,8-11,14H2,1-2H3/t15?,16?,17?,18?,20-,21-/m0/s1. The molecule has 4 heteroatoms. The Balaban J connectivity index is 1.46. The zero-order valence-electron chi connectivity index (χ0n) is 15.7. The van der Waals surface area contributed by atoms with Crippen LogP contribution >= 0.6 is 0 Å². The zero-order valence-corrected chi connectivity index (χ0v) is 15.7. The van der Waals surface area contributed by atoms with E-state index in [-0.39, 0.29) is 0 Å². The van der Waals surface area contributed by atoms with Crippen molar-refractivity contribution in [3.05, 3.63) is 18.5 Å². The third-order valence-corrected chi connectivity index (χ3v) is 8.73. The molecule has 2 heterocycles. The molecule has 1 N–H and O–H groups in total. The number of rotatable bonds is 1. The van der Waals surface area contributed by atoms with Crippen LogP contribution in [0.4, 0.5) is 0 Å². The lowest BCUT2D eigenvalue weighted by atomic mass is 9.47. The smallest absolute Gasteiger partial charge is 0.0697 e. The maximum absolute atomic E-state index is 4.32. The molecule has 25 heavy (non-hydrogen) atoms. The third-order valence-electron chi connectivity index (χ3n) is 8.73. The SMILES string of the molecule is C[C@]12CCCNCC1CCC1C2CC[C@]2(C)C(n3ccnn3)=CCC12. The van der Waals surface area contributed by atoms with Crippen molar-refractivity contribution in [2.75, 3.05) is 13.1 Å². The first kappa shape index (κ1) is 16.0. The summed E-state index contributed by atoms with van der Waals surface area (Å²) in [6, 6.07) is 0. The average molecular weight is 341 g/mol. The predicted octanol–water partition coefficient (Wildman–Crippen LogP) is 3.97. The van der Waals surface area contributed by atoms with Gasteiger partial charge in [-0.25, -0.2) is 4.68 Å². The molecule has 0 amide bonds. The van der Waals surface area contributed by atoms with Crippen LogP contribution in [0, 0.1) is 34.5 Å². The van der Waals surface area contributed by atoms with Gasteiger partial charge in [-0.3, -0.25) is 0 Å². The molecule has 1 aliphatic heterocycles. The fourth-order valence-electron chi connectivity index (χ4n) is 7.37. The molecule has 2 saturated carbocycles. The van der Waals surface area contributed by atoms with E-state index in [1.807, 2.05) is 17.1 Å². The van der Waals surface area contributed by atoms with Gasteiger partial charge in [0.25, 0.3) is 0 Å². The van der Waals surface area contributed by atoms with Gasteiger partial charge in [0.15, 0.2) is 0 Å². The highest BCUT2D eigenvalue weighted by molar-refractivity contribution is 5.55. The Hall–Kier alpha value is -1.16. The Morgan fingerprint density at radius 2 is 2.08 bits per heavy atom. The molecule has 0 spiro atoms. The molecular formula is C21H32N4. The molecule has 4 aliphatic rings. The van der Waals surface area contributed by atoms with Crippen LogP contribution in [0.15, 0.2) is 18.5 Å². The Morgan fingerprint density at radius 3 is 2.92 bits per heavy atom. The lowest BCUT2D eigenvalue weighted by molar-refractivity contribution is -0.0784. The number of hydrogen-bond acceptors (Lipinski definition) is 3. The van der Waals surface area contributed by atoms with Crippen LogP contribution in [0.3, 0.4) is 0 Å². The van der Waals surface area contributed by atoms with E-state index >= 15 is 0 Å². The predicted molar refractivity (Wildman–Crippen MR) is 99.7 cm³/mol. The molecule has 3 aliphatic carbocycles. The molecule has 4 nitrogen and oxygen atoms in total. The van der Waals surface area contributed by atoms with E-state index in [1.54, 1.807) is 0 Å². The van der Waals surface area contributed by atoms with Crippen molar-refractivity contribution in [2.45, 2.75) is 58.8 Å². The highest BCUT2D eigenvalue weighted by atomic mass is 15.4. The van der Waals surface area contributed by atoms with Gasteiger partial charge in [0.05, 0.1) is 12.4 Å². The lowest BCUT2D eigenvalue weighted by Gasteiger charge is -2.58. The van der Waals surface area contributed by atoms with Gasteiger partial charge < -0.3 is 5.32 Å². The van der Waals surface area contributed by atoms with Crippen molar-refractivity contribution in [1.29, 1.82) is 0 Å². The summed E-state index contributed by atoms with van der Waals surface area (Å²) in [6.45, 7) is 7.63. The van der Waals surface area contributed by atoms with Crippen molar-refractivity contribution in [3.8, 4) is 0 Å². The molecule has 0 bridgehead atoms. The second kappa shape index (κ2) is 5.67. The van der Waals surface area contributed by atoms with Crippen LogP contribution in [0.5, 0.6) is 0 Å². The van der Waals surface area contributed by atoms with Crippen LogP contribution in [0.2, 0.25) is 0 Å². The van der Waals surface area contributed by atoms with E-state index < -0.39 is 0 Å². The second-order valence-electron chi connectivity index (χ2n) is 9.59. The van der Waals surface area contributed by atoms with E-state index in [0.29, 0.717) is 10.8 Å². The molecule has 1 aromatic rings. The van der Waals surface area contributed by atoms with E-state index in [4.69, 9.17) is 0 Å². The van der Waals surface area contributed by atoms with Gasteiger partial charge in [0.1, 0.15) is 0 Å². The van der Waals surface area contributed by atoms with E-state index in [9.17, 15) is 0 Å². The largest absolute Gasteiger partial charge is 0.316 e. The summed E-state index contributed by atoms with van der Waals surface area (Å²) in [5.41, 5.74) is 2.27. The van der Waals surface area contributed by atoms with Crippen molar-refractivity contribution < 1.29 is 0 Å². The minimum Gasteiger partial charge on any atom is -0.316 e. The van der Waals surface area contributed by atoms with Gasteiger partial charge >= 0.3 is 0 Å². The molecule has 0 radical (unpaired) electrons. The van der Waals surface area contributed by atoms with Crippen LogP contribution < -0.4 is 5.32 Å². The molecule has 1 aromatic heterocycles. The first-order chi connectivity index (χ1) is 12.1.